The molecular weight excluding hydrogens is 574 g/mol. The van der Waals surface area contributed by atoms with Crippen LogP contribution >= 0.6 is 0 Å². The van der Waals surface area contributed by atoms with Gasteiger partial charge in [-0.15, -0.1) is 0 Å². The normalized spacial score (nSPS) is 16.7. The van der Waals surface area contributed by atoms with Gasteiger partial charge in [0.15, 0.2) is 17.5 Å². The average molecular weight is 608 g/mol. The number of rotatable bonds is 3. The second kappa shape index (κ2) is 9.97. The van der Waals surface area contributed by atoms with E-state index in [1.165, 1.54) is 55.3 Å². The summed E-state index contributed by atoms with van der Waals surface area (Å²) in [7, 11) is 0. The van der Waals surface area contributed by atoms with Crippen molar-refractivity contribution in [3.05, 3.63) is 149 Å². The van der Waals surface area contributed by atoms with Crippen molar-refractivity contribution in [2.45, 2.75) is 44.9 Å². The Morgan fingerprint density at radius 2 is 1.21 bits per heavy atom. The second-order valence-corrected chi connectivity index (χ2v) is 13.7. The van der Waals surface area contributed by atoms with Gasteiger partial charge in [-0.1, -0.05) is 88.4 Å². The van der Waals surface area contributed by atoms with Gasteiger partial charge in [-0.2, -0.15) is 0 Å². The van der Waals surface area contributed by atoms with Gasteiger partial charge < -0.3 is 0 Å². The second-order valence-electron chi connectivity index (χ2n) is 13.7. The molecule has 0 fully saturated rings. The number of fused-ring (bicyclic) bond motifs is 8. The summed E-state index contributed by atoms with van der Waals surface area (Å²) in [4.78, 5) is 23.9. The first kappa shape index (κ1) is 27.7. The molecule has 0 spiro atoms. The molecular formula is C42H33N5. The largest absolute Gasteiger partial charge is 0.253 e. The Bertz CT molecular complexity index is 2300. The molecule has 3 aromatic carbocycles. The van der Waals surface area contributed by atoms with Crippen LogP contribution in [-0.4, -0.2) is 24.9 Å². The van der Waals surface area contributed by atoms with E-state index in [2.05, 4.69) is 104 Å². The highest BCUT2D eigenvalue weighted by Crippen LogP contribution is 2.58. The fourth-order valence-electron chi connectivity index (χ4n) is 7.79. The van der Waals surface area contributed by atoms with E-state index >= 15 is 0 Å². The molecule has 47 heavy (non-hydrogen) atoms. The standard InChI is InChI=1S/C42H33N5/c1-41(2)31-19-18-25-12-5-6-14-27(25)37(31)30-24-33-29(23-34(30)41)28-15-11-13-26(22-32(28)42(33,3)4)38-45-39(35-16-7-9-20-43-35)47-40(46-38)36-17-8-10-21-44-36/h5-10,12-24H,11H2,1-4H3. The van der Waals surface area contributed by atoms with Crippen LogP contribution in [0.1, 0.15) is 62.2 Å². The van der Waals surface area contributed by atoms with Crippen molar-refractivity contribution in [2.24, 2.45) is 0 Å². The quantitative estimate of drug-likeness (QED) is 0.200. The first-order valence-corrected chi connectivity index (χ1v) is 16.2. The molecule has 0 aliphatic heterocycles. The van der Waals surface area contributed by atoms with Gasteiger partial charge in [0.25, 0.3) is 0 Å². The van der Waals surface area contributed by atoms with Crippen LogP contribution in [0.3, 0.4) is 0 Å². The van der Waals surface area contributed by atoms with Gasteiger partial charge in [-0.05, 0) is 104 Å². The van der Waals surface area contributed by atoms with E-state index in [4.69, 9.17) is 15.0 Å². The molecule has 0 unspecified atom stereocenters. The monoisotopic (exact) mass is 607 g/mol. The zero-order valence-corrected chi connectivity index (χ0v) is 26.9. The highest BCUT2D eigenvalue weighted by atomic mass is 15.1. The predicted octanol–water partition coefficient (Wildman–Crippen LogP) is 9.54. The van der Waals surface area contributed by atoms with Crippen LogP contribution in [0.25, 0.3) is 56.1 Å². The molecule has 6 aromatic rings. The minimum absolute atomic E-state index is 0.0936. The van der Waals surface area contributed by atoms with Gasteiger partial charge in [0.1, 0.15) is 11.4 Å². The van der Waals surface area contributed by atoms with Crippen LogP contribution in [0.15, 0.2) is 121 Å². The number of nitrogens with zero attached hydrogens (tertiary/aromatic N) is 5. The summed E-state index contributed by atoms with van der Waals surface area (Å²) in [6, 6.07) is 29.9. The zero-order valence-electron chi connectivity index (χ0n) is 26.9. The van der Waals surface area contributed by atoms with Crippen molar-refractivity contribution in [1.29, 1.82) is 0 Å². The van der Waals surface area contributed by atoms with Crippen LogP contribution < -0.4 is 0 Å². The Kier molecular flexibility index (Phi) is 5.89. The van der Waals surface area contributed by atoms with Crippen LogP contribution in [0.5, 0.6) is 0 Å². The minimum atomic E-state index is -0.224. The Morgan fingerprint density at radius 1 is 0.574 bits per heavy atom. The van der Waals surface area contributed by atoms with Gasteiger partial charge in [-0.3, -0.25) is 9.97 Å². The maximum Gasteiger partial charge on any atom is 0.182 e. The van der Waals surface area contributed by atoms with Gasteiger partial charge in [0.2, 0.25) is 0 Å². The topological polar surface area (TPSA) is 64.5 Å². The molecule has 0 atom stereocenters. The lowest BCUT2D eigenvalue weighted by molar-refractivity contribution is 0.651. The van der Waals surface area contributed by atoms with E-state index in [9.17, 15) is 0 Å². The van der Waals surface area contributed by atoms with Crippen LogP contribution in [0.4, 0.5) is 0 Å². The molecule has 0 saturated carbocycles. The summed E-state index contributed by atoms with van der Waals surface area (Å²) >= 11 is 0. The van der Waals surface area contributed by atoms with E-state index in [1.54, 1.807) is 12.4 Å². The third-order valence-corrected chi connectivity index (χ3v) is 10.3. The summed E-state index contributed by atoms with van der Waals surface area (Å²) in [6.07, 6.45) is 11.2. The fraction of sp³-hybridized carbons (Fsp3) is 0.167. The summed E-state index contributed by atoms with van der Waals surface area (Å²) in [5.74, 6) is 1.69. The third kappa shape index (κ3) is 4.12. The van der Waals surface area contributed by atoms with Crippen molar-refractivity contribution in [1.82, 2.24) is 24.9 Å². The SMILES string of the molecule is CC1(C)C2=CC(c3nc(-c4ccccn4)nc(-c4ccccn4)n3)=CCC=C2c2cc3c(cc21)-c1c(ccc2ccccc12)C3(C)C. The predicted molar refractivity (Wildman–Crippen MR) is 189 cm³/mol. The molecule has 0 bridgehead atoms. The summed E-state index contributed by atoms with van der Waals surface area (Å²) in [5, 5.41) is 2.61. The number of pyridine rings is 2. The Labute approximate surface area is 274 Å². The Balaban J connectivity index is 1.20. The summed E-state index contributed by atoms with van der Waals surface area (Å²) < 4.78 is 0. The van der Waals surface area contributed by atoms with Crippen LogP contribution in [0, 0.1) is 0 Å². The number of benzene rings is 3. The number of hydrogen-bond acceptors (Lipinski definition) is 5. The van der Waals surface area contributed by atoms with Crippen LogP contribution in [0.2, 0.25) is 0 Å². The van der Waals surface area contributed by atoms with Gasteiger partial charge >= 0.3 is 0 Å². The van der Waals surface area contributed by atoms with Gasteiger partial charge in [-0.25, -0.2) is 15.0 Å². The van der Waals surface area contributed by atoms with E-state index in [0.29, 0.717) is 28.9 Å². The highest BCUT2D eigenvalue weighted by molar-refractivity contribution is 6.04. The smallest absolute Gasteiger partial charge is 0.182 e. The molecule has 3 aromatic heterocycles. The molecule has 226 valence electrons. The maximum absolute atomic E-state index is 4.98. The highest BCUT2D eigenvalue weighted by Gasteiger charge is 2.43. The average Bonchev–Trinajstić information content (AvgIpc) is 3.30. The van der Waals surface area contributed by atoms with E-state index in [-0.39, 0.29) is 10.8 Å². The summed E-state index contributed by atoms with van der Waals surface area (Å²) in [5.41, 5.74) is 12.9. The molecule has 0 saturated heterocycles. The number of aromatic nitrogens is 5. The Hall–Kier alpha value is -5.55. The molecule has 3 heterocycles. The molecule has 0 N–H and O–H groups in total. The molecule has 0 radical (unpaired) electrons. The van der Waals surface area contributed by atoms with E-state index in [1.807, 2.05) is 36.4 Å². The lowest BCUT2D eigenvalue weighted by Gasteiger charge is -2.24. The lowest BCUT2D eigenvalue weighted by Crippen LogP contribution is -2.17. The first-order valence-electron chi connectivity index (χ1n) is 16.2. The molecule has 5 nitrogen and oxygen atoms in total. The third-order valence-electron chi connectivity index (χ3n) is 10.3. The van der Waals surface area contributed by atoms with Gasteiger partial charge in [0, 0.05) is 28.8 Å². The fourth-order valence-corrected chi connectivity index (χ4v) is 7.79. The summed E-state index contributed by atoms with van der Waals surface area (Å²) in [6.45, 7) is 9.44. The maximum atomic E-state index is 4.98. The van der Waals surface area contributed by atoms with Crippen molar-refractivity contribution in [3.8, 4) is 34.2 Å². The van der Waals surface area contributed by atoms with E-state index < -0.39 is 0 Å². The minimum Gasteiger partial charge on any atom is -0.253 e. The van der Waals surface area contributed by atoms with Crippen LogP contribution in [-0.2, 0) is 10.8 Å². The molecule has 3 aliphatic carbocycles. The number of allylic oxidation sites excluding steroid dienone is 6. The molecule has 5 heteroatoms. The van der Waals surface area contributed by atoms with Gasteiger partial charge in [0.05, 0.1) is 0 Å². The number of hydrogen-bond donors (Lipinski definition) is 0. The van der Waals surface area contributed by atoms with Crippen molar-refractivity contribution >= 4 is 21.9 Å². The molecule has 0 amide bonds. The Morgan fingerprint density at radius 3 is 1.91 bits per heavy atom. The van der Waals surface area contributed by atoms with Crippen molar-refractivity contribution < 1.29 is 0 Å². The lowest BCUT2D eigenvalue weighted by atomic mass is 9.79. The van der Waals surface area contributed by atoms with Crippen molar-refractivity contribution in [3.63, 3.8) is 0 Å². The van der Waals surface area contributed by atoms with Crippen molar-refractivity contribution in [2.75, 3.05) is 0 Å². The molecule has 3 aliphatic rings. The van der Waals surface area contributed by atoms with E-state index in [0.717, 1.165) is 12.0 Å². The molecule has 9 rings (SSSR count). The first-order chi connectivity index (χ1) is 22.8. The zero-order chi connectivity index (χ0) is 31.9.